The number of rotatable bonds is 4. The van der Waals surface area contributed by atoms with E-state index in [1.807, 2.05) is 0 Å². The lowest BCUT2D eigenvalue weighted by Gasteiger charge is -2.16. The number of nitrogen functional groups attached to an aromatic ring is 1. The first-order valence-electron chi connectivity index (χ1n) is 6.66. The molecule has 0 bridgehead atoms. The Morgan fingerprint density at radius 3 is 2.74 bits per heavy atom. The molecule has 1 heterocycles. The van der Waals surface area contributed by atoms with Crippen LogP contribution >= 0.6 is 0 Å². The predicted octanol–water partition coefficient (Wildman–Crippen LogP) is 3.48. The van der Waals surface area contributed by atoms with Crippen molar-refractivity contribution < 1.29 is 8.78 Å². The van der Waals surface area contributed by atoms with Gasteiger partial charge in [-0.25, -0.2) is 13.8 Å². The quantitative estimate of drug-likeness (QED) is 0.919. The lowest BCUT2D eigenvalue weighted by molar-refractivity contribution is 0.393. The molecule has 1 saturated carbocycles. The van der Waals surface area contributed by atoms with E-state index < -0.39 is 11.6 Å². The average molecular weight is 265 g/mol. The van der Waals surface area contributed by atoms with Gasteiger partial charge in [0.2, 0.25) is 5.95 Å². The summed E-state index contributed by atoms with van der Waals surface area (Å²) in [5.41, 5.74) is 6.68. The molecule has 1 aliphatic carbocycles. The van der Waals surface area contributed by atoms with Gasteiger partial charge in [0, 0.05) is 6.54 Å². The Bertz CT molecular complexity index is 629. The molecule has 3 nitrogen and oxygen atoms in total. The number of imidazole rings is 1. The van der Waals surface area contributed by atoms with Gasteiger partial charge >= 0.3 is 0 Å². The van der Waals surface area contributed by atoms with Gasteiger partial charge in [0.25, 0.3) is 0 Å². The average Bonchev–Trinajstić information content (AvgIpc) is 3.05. The number of anilines is 1. The zero-order valence-electron chi connectivity index (χ0n) is 10.9. The summed E-state index contributed by atoms with van der Waals surface area (Å²) in [6, 6.07) is 2.56. The maximum absolute atomic E-state index is 14.0. The molecule has 0 amide bonds. The minimum absolute atomic E-state index is 0.194. The number of benzene rings is 1. The Kier molecular flexibility index (Phi) is 2.73. The summed E-state index contributed by atoms with van der Waals surface area (Å²) < 4.78 is 29.0. The van der Waals surface area contributed by atoms with Crippen LogP contribution in [-0.4, -0.2) is 9.55 Å². The van der Waals surface area contributed by atoms with Crippen molar-refractivity contribution in [1.29, 1.82) is 0 Å². The topological polar surface area (TPSA) is 43.8 Å². The van der Waals surface area contributed by atoms with Crippen LogP contribution in [0.1, 0.15) is 32.6 Å². The second kappa shape index (κ2) is 4.18. The van der Waals surface area contributed by atoms with Crippen LogP contribution < -0.4 is 5.73 Å². The Morgan fingerprint density at radius 1 is 1.37 bits per heavy atom. The molecule has 0 saturated heterocycles. The van der Waals surface area contributed by atoms with Gasteiger partial charge in [-0.05, 0) is 36.8 Å². The lowest BCUT2D eigenvalue weighted by Crippen LogP contribution is -2.14. The van der Waals surface area contributed by atoms with Crippen molar-refractivity contribution in [3.8, 4) is 0 Å². The molecule has 0 aliphatic heterocycles. The van der Waals surface area contributed by atoms with Crippen LogP contribution in [0, 0.1) is 17.0 Å². The van der Waals surface area contributed by atoms with E-state index in [0.717, 1.165) is 31.7 Å². The number of nitrogens with two attached hydrogens (primary N) is 1. The number of nitrogens with zero attached hydrogens (tertiary/aromatic N) is 2. The highest BCUT2D eigenvalue weighted by Gasteiger charge is 2.42. The highest BCUT2D eigenvalue weighted by atomic mass is 19.2. The lowest BCUT2D eigenvalue weighted by atomic mass is 10.0. The molecule has 19 heavy (non-hydrogen) atoms. The van der Waals surface area contributed by atoms with E-state index in [1.54, 1.807) is 4.57 Å². The van der Waals surface area contributed by atoms with Gasteiger partial charge in [-0.2, -0.15) is 0 Å². The van der Waals surface area contributed by atoms with Crippen molar-refractivity contribution in [3.63, 3.8) is 0 Å². The van der Waals surface area contributed by atoms with E-state index >= 15 is 0 Å². The molecular weight excluding hydrogens is 248 g/mol. The Hall–Kier alpha value is -1.65. The van der Waals surface area contributed by atoms with Crippen LogP contribution in [0.25, 0.3) is 11.0 Å². The van der Waals surface area contributed by atoms with Gasteiger partial charge in [0.1, 0.15) is 5.52 Å². The highest BCUT2D eigenvalue weighted by molar-refractivity contribution is 5.79. The first-order chi connectivity index (χ1) is 9.06. The minimum atomic E-state index is -0.853. The number of fused-ring (bicyclic) bond motifs is 1. The number of aromatic nitrogens is 2. The second-order valence-electron chi connectivity index (χ2n) is 5.54. The van der Waals surface area contributed by atoms with Gasteiger partial charge in [-0.3, -0.25) is 0 Å². The molecule has 0 unspecified atom stereocenters. The van der Waals surface area contributed by atoms with Crippen molar-refractivity contribution in [1.82, 2.24) is 9.55 Å². The third kappa shape index (κ3) is 1.97. The first kappa shape index (κ1) is 12.4. The van der Waals surface area contributed by atoms with Gasteiger partial charge in [-0.1, -0.05) is 13.3 Å². The molecule has 3 rings (SSSR count). The normalized spacial score (nSPS) is 17.0. The fraction of sp³-hybridized carbons (Fsp3) is 0.500. The largest absolute Gasteiger partial charge is 0.369 e. The number of hydrogen-bond acceptors (Lipinski definition) is 2. The van der Waals surface area contributed by atoms with Crippen molar-refractivity contribution in [2.24, 2.45) is 5.41 Å². The Balaban J connectivity index is 2.08. The van der Waals surface area contributed by atoms with Crippen molar-refractivity contribution in [2.45, 2.75) is 39.2 Å². The summed E-state index contributed by atoms with van der Waals surface area (Å²) in [5, 5.41) is 0. The van der Waals surface area contributed by atoms with Gasteiger partial charge in [-0.15, -0.1) is 0 Å². The maximum atomic E-state index is 14.0. The van der Waals surface area contributed by atoms with Gasteiger partial charge in [0.15, 0.2) is 11.6 Å². The van der Waals surface area contributed by atoms with Crippen molar-refractivity contribution in [3.05, 3.63) is 23.8 Å². The molecule has 0 radical (unpaired) electrons. The molecule has 2 N–H and O–H groups in total. The molecule has 5 heteroatoms. The first-order valence-corrected chi connectivity index (χ1v) is 6.66. The number of halogens is 2. The molecule has 1 aromatic heterocycles. The van der Waals surface area contributed by atoms with Crippen molar-refractivity contribution in [2.75, 3.05) is 5.73 Å². The summed E-state index contributed by atoms with van der Waals surface area (Å²) in [5.74, 6) is -1.44. The van der Waals surface area contributed by atoms with E-state index in [9.17, 15) is 8.78 Å². The fourth-order valence-electron chi connectivity index (χ4n) is 2.86. The summed E-state index contributed by atoms with van der Waals surface area (Å²) in [6.07, 6.45) is 4.42. The smallest absolute Gasteiger partial charge is 0.201 e. The number of hydrogen-bond donors (Lipinski definition) is 1. The Morgan fingerprint density at radius 2 is 2.11 bits per heavy atom. The summed E-state index contributed by atoms with van der Waals surface area (Å²) >= 11 is 0. The SMILES string of the molecule is CCCC1(Cn2c(N)nc3ccc(F)c(F)c32)CC1. The second-order valence-corrected chi connectivity index (χ2v) is 5.54. The molecule has 102 valence electrons. The van der Waals surface area contributed by atoms with Crippen LogP contribution in [0.3, 0.4) is 0 Å². The summed E-state index contributed by atoms with van der Waals surface area (Å²) in [6.45, 7) is 2.76. The standard InChI is InChI=1S/C14H17F2N3/c1-2-5-14(6-7-14)8-19-12-10(18-13(19)17)4-3-9(15)11(12)16/h3-4H,2,5-8H2,1H3,(H2,17,18). The molecule has 1 aromatic carbocycles. The summed E-state index contributed by atoms with van der Waals surface area (Å²) in [4.78, 5) is 4.12. The monoisotopic (exact) mass is 265 g/mol. The van der Waals surface area contributed by atoms with Crippen LogP contribution in [0.15, 0.2) is 12.1 Å². The molecule has 1 aliphatic rings. The van der Waals surface area contributed by atoms with Crippen LogP contribution in [-0.2, 0) is 6.54 Å². The molecule has 0 spiro atoms. The molecule has 1 fully saturated rings. The fourth-order valence-corrected chi connectivity index (χ4v) is 2.86. The van der Waals surface area contributed by atoms with E-state index in [1.165, 1.54) is 6.07 Å². The van der Waals surface area contributed by atoms with E-state index in [0.29, 0.717) is 12.1 Å². The van der Waals surface area contributed by atoms with E-state index in [-0.39, 0.29) is 16.9 Å². The van der Waals surface area contributed by atoms with Crippen LogP contribution in [0.5, 0.6) is 0 Å². The van der Waals surface area contributed by atoms with Gasteiger partial charge in [0.05, 0.1) is 5.52 Å². The Labute approximate surface area is 110 Å². The third-order valence-electron chi connectivity index (χ3n) is 4.06. The highest BCUT2D eigenvalue weighted by Crippen LogP contribution is 2.51. The van der Waals surface area contributed by atoms with E-state index in [4.69, 9.17) is 5.73 Å². The molecule has 2 aromatic rings. The minimum Gasteiger partial charge on any atom is -0.369 e. The summed E-state index contributed by atoms with van der Waals surface area (Å²) in [7, 11) is 0. The van der Waals surface area contributed by atoms with Crippen molar-refractivity contribution >= 4 is 17.0 Å². The van der Waals surface area contributed by atoms with Crippen LogP contribution in [0.4, 0.5) is 14.7 Å². The zero-order chi connectivity index (χ0) is 13.6. The molecule has 0 atom stereocenters. The zero-order valence-corrected chi connectivity index (χ0v) is 10.9. The predicted molar refractivity (Wildman–Crippen MR) is 70.6 cm³/mol. The van der Waals surface area contributed by atoms with Gasteiger partial charge < -0.3 is 10.3 Å². The van der Waals surface area contributed by atoms with Crippen LogP contribution in [0.2, 0.25) is 0 Å². The third-order valence-corrected chi connectivity index (χ3v) is 4.06. The van der Waals surface area contributed by atoms with E-state index in [2.05, 4.69) is 11.9 Å². The molecular formula is C14H17F2N3. The maximum Gasteiger partial charge on any atom is 0.201 e.